The number of carbonyl (C=O) groups excluding carboxylic acids is 1. The van der Waals surface area contributed by atoms with E-state index in [1.54, 1.807) is 18.6 Å². The highest BCUT2D eigenvalue weighted by atomic mass is 16.1. The number of piperidine rings is 1. The van der Waals surface area contributed by atoms with E-state index in [0.29, 0.717) is 6.54 Å². The minimum absolute atomic E-state index is 0.0862. The lowest BCUT2D eigenvalue weighted by Gasteiger charge is -2.31. The standard InChI is InChI=1S/C21H25N5O/c1-15-3-2-4-18-17(13-25-20(15)18)5-8-24-21(27)16-6-11-26(12-7-16)19-14-22-9-10-23-19/h2-4,9-10,13-14,16,25H,5-8,11-12H2,1H3,(H,24,27). The molecule has 2 aromatic heterocycles. The minimum Gasteiger partial charge on any atom is -0.361 e. The first-order valence-corrected chi connectivity index (χ1v) is 9.56. The van der Waals surface area contributed by atoms with Gasteiger partial charge in [-0.1, -0.05) is 18.2 Å². The molecule has 1 amide bonds. The summed E-state index contributed by atoms with van der Waals surface area (Å²) in [6.45, 7) is 4.47. The molecule has 0 saturated carbocycles. The molecular weight excluding hydrogens is 338 g/mol. The van der Waals surface area contributed by atoms with Crippen molar-refractivity contribution >= 4 is 22.6 Å². The van der Waals surface area contributed by atoms with Crippen LogP contribution < -0.4 is 10.2 Å². The highest BCUT2D eigenvalue weighted by Crippen LogP contribution is 2.22. The number of hydrogen-bond donors (Lipinski definition) is 2. The van der Waals surface area contributed by atoms with Crippen LogP contribution in [0, 0.1) is 12.8 Å². The Labute approximate surface area is 159 Å². The zero-order chi connectivity index (χ0) is 18.6. The van der Waals surface area contributed by atoms with Gasteiger partial charge in [0.2, 0.25) is 5.91 Å². The second-order valence-corrected chi connectivity index (χ2v) is 7.18. The third-order valence-electron chi connectivity index (χ3n) is 5.44. The summed E-state index contributed by atoms with van der Waals surface area (Å²) in [5.74, 6) is 1.15. The summed E-state index contributed by atoms with van der Waals surface area (Å²) in [5.41, 5.74) is 3.69. The Bertz CT molecular complexity index is 913. The van der Waals surface area contributed by atoms with E-state index < -0.39 is 0 Å². The number of amides is 1. The van der Waals surface area contributed by atoms with Crippen molar-refractivity contribution in [3.63, 3.8) is 0 Å². The van der Waals surface area contributed by atoms with Crippen molar-refractivity contribution in [1.29, 1.82) is 0 Å². The molecule has 1 fully saturated rings. The molecule has 6 nitrogen and oxygen atoms in total. The normalized spacial score (nSPS) is 15.2. The number of aromatic nitrogens is 3. The summed E-state index contributed by atoms with van der Waals surface area (Å²) >= 11 is 0. The number of aromatic amines is 1. The van der Waals surface area contributed by atoms with Gasteiger partial charge in [-0.25, -0.2) is 4.98 Å². The predicted octanol–water partition coefficient (Wildman–Crippen LogP) is 2.84. The summed E-state index contributed by atoms with van der Waals surface area (Å²) in [6.07, 6.45) is 9.78. The first-order chi connectivity index (χ1) is 13.2. The fraction of sp³-hybridized carbons (Fsp3) is 0.381. The Morgan fingerprint density at radius 2 is 2.15 bits per heavy atom. The van der Waals surface area contributed by atoms with Crippen LogP contribution in [0.1, 0.15) is 24.0 Å². The SMILES string of the molecule is Cc1cccc2c(CCNC(=O)C3CCN(c4cnccn4)CC3)c[nH]c12. The van der Waals surface area contributed by atoms with Gasteiger partial charge in [-0.2, -0.15) is 0 Å². The fourth-order valence-corrected chi connectivity index (χ4v) is 3.86. The van der Waals surface area contributed by atoms with Crippen molar-refractivity contribution < 1.29 is 4.79 Å². The Balaban J connectivity index is 1.27. The third-order valence-corrected chi connectivity index (χ3v) is 5.44. The van der Waals surface area contributed by atoms with Crippen LogP contribution in [0.2, 0.25) is 0 Å². The minimum atomic E-state index is 0.0862. The molecule has 27 heavy (non-hydrogen) atoms. The van der Waals surface area contributed by atoms with E-state index in [0.717, 1.165) is 38.2 Å². The average molecular weight is 363 g/mol. The molecule has 3 heterocycles. The van der Waals surface area contributed by atoms with Crippen molar-refractivity contribution in [1.82, 2.24) is 20.3 Å². The number of aryl methyl sites for hydroxylation is 1. The molecule has 3 aromatic rings. The van der Waals surface area contributed by atoms with E-state index in [1.807, 2.05) is 0 Å². The van der Waals surface area contributed by atoms with Gasteiger partial charge in [-0.15, -0.1) is 0 Å². The molecule has 0 bridgehead atoms. The van der Waals surface area contributed by atoms with Gasteiger partial charge in [0, 0.05) is 55.0 Å². The molecule has 0 atom stereocenters. The van der Waals surface area contributed by atoms with Crippen LogP contribution >= 0.6 is 0 Å². The maximum Gasteiger partial charge on any atom is 0.223 e. The molecule has 2 N–H and O–H groups in total. The predicted molar refractivity (Wildman–Crippen MR) is 107 cm³/mol. The monoisotopic (exact) mass is 363 g/mol. The largest absolute Gasteiger partial charge is 0.361 e. The molecular formula is C21H25N5O. The van der Waals surface area contributed by atoms with Crippen LogP contribution in [0.25, 0.3) is 10.9 Å². The second-order valence-electron chi connectivity index (χ2n) is 7.18. The van der Waals surface area contributed by atoms with Gasteiger partial charge in [-0.05, 0) is 37.3 Å². The lowest BCUT2D eigenvalue weighted by Crippen LogP contribution is -2.41. The highest BCUT2D eigenvalue weighted by molar-refractivity contribution is 5.86. The van der Waals surface area contributed by atoms with Crippen LogP contribution in [-0.4, -0.2) is 40.5 Å². The second kappa shape index (κ2) is 7.78. The number of anilines is 1. The van der Waals surface area contributed by atoms with E-state index in [9.17, 15) is 4.79 Å². The lowest BCUT2D eigenvalue weighted by molar-refractivity contribution is -0.125. The third kappa shape index (κ3) is 3.79. The van der Waals surface area contributed by atoms with Crippen LogP contribution in [0.5, 0.6) is 0 Å². The van der Waals surface area contributed by atoms with Gasteiger partial charge in [0.05, 0.1) is 6.20 Å². The van der Waals surface area contributed by atoms with Crippen molar-refractivity contribution in [2.24, 2.45) is 5.92 Å². The molecule has 1 aliphatic heterocycles. The number of fused-ring (bicyclic) bond motifs is 1. The quantitative estimate of drug-likeness (QED) is 0.731. The van der Waals surface area contributed by atoms with Crippen molar-refractivity contribution in [3.05, 3.63) is 54.1 Å². The topological polar surface area (TPSA) is 73.9 Å². The highest BCUT2D eigenvalue weighted by Gasteiger charge is 2.25. The molecule has 0 radical (unpaired) electrons. The summed E-state index contributed by atoms with van der Waals surface area (Å²) in [7, 11) is 0. The summed E-state index contributed by atoms with van der Waals surface area (Å²) in [4.78, 5) is 26.5. The van der Waals surface area contributed by atoms with E-state index >= 15 is 0 Å². The number of H-pyrrole nitrogens is 1. The van der Waals surface area contributed by atoms with Gasteiger partial charge in [-0.3, -0.25) is 9.78 Å². The van der Waals surface area contributed by atoms with Crippen molar-refractivity contribution in [2.45, 2.75) is 26.2 Å². The number of hydrogen-bond acceptors (Lipinski definition) is 4. The molecule has 1 aliphatic rings. The lowest BCUT2D eigenvalue weighted by atomic mass is 9.96. The fourth-order valence-electron chi connectivity index (χ4n) is 3.86. The van der Waals surface area contributed by atoms with Crippen LogP contribution in [0.15, 0.2) is 43.0 Å². The van der Waals surface area contributed by atoms with Gasteiger partial charge < -0.3 is 15.2 Å². The first kappa shape index (κ1) is 17.5. The number of benzene rings is 1. The van der Waals surface area contributed by atoms with E-state index in [-0.39, 0.29) is 11.8 Å². The molecule has 140 valence electrons. The Morgan fingerprint density at radius 3 is 2.93 bits per heavy atom. The Hall–Kier alpha value is -2.89. The van der Waals surface area contributed by atoms with Crippen LogP contribution in [-0.2, 0) is 11.2 Å². The van der Waals surface area contributed by atoms with Crippen molar-refractivity contribution in [2.75, 3.05) is 24.5 Å². The first-order valence-electron chi connectivity index (χ1n) is 9.56. The zero-order valence-electron chi connectivity index (χ0n) is 15.6. The van der Waals surface area contributed by atoms with Gasteiger partial charge in [0.25, 0.3) is 0 Å². The summed E-state index contributed by atoms with van der Waals surface area (Å²) < 4.78 is 0. The summed E-state index contributed by atoms with van der Waals surface area (Å²) in [5, 5.41) is 4.38. The van der Waals surface area contributed by atoms with Gasteiger partial charge in [0.15, 0.2) is 0 Å². The number of para-hydroxylation sites is 1. The van der Waals surface area contributed by atoms with E-state index in [4.69, 9.17) is 0 Å². The average Bonchev–Trinajstić information content (AvgIpc) is 3.13. The maximum absolute atomic E-state index is 12.5. The summed E-state index contributed by atoms with van der Waals surface area (Å²) in [6, 6.07) is 6.33. The molecule has 1 aromatic carbocycles. The molecule has 4 rings (SSSR count). The van der Waals surface area contributed by atoms with Crippen LogP contribution in [0.4, 0.5) is 5.82 Å². The van der Waals surface area contributed by atoms with E-state index in [1.165, 1.54) is 22.0 Å². The Morgan fingerprint density at radius 1 is 1.30 bits per heavy atom. The molecule has 1 saturated heterocycles. The van der Waals surface area contributed by atoms with Crippen LogP contribution in [0.3, 0.4) is 0 Å². The van der Waals surface area contributed by atoms with E-state index in [2.05, 4.69) is 56.5 Å². The smallest absolute Gasteiger partial charge is 0.223 e. The van der Waals surface area contributed by atoms with Gasteiger partial charge in [0.1, 0.15) is 5.82 Å². The number of nitrogens with one attached hydrogen (secondary N) is 2. The Kier molecular flexibility index (Phi) is 5.05. The molecule has 0 unspecified atom stereocenters. The molecule has 0 spiro atoms. The number of rotatable bonds is 5. The zero-order valence-corrected chi connectivity index (χ0v) is 15.6. The molecule has 6 heteroatoms. The maximum atomic E-state index is 12.5. The van der Waals surface area contributed by atoms with Gasteiger partial charge >= 0.3 is 0 Å². The number of carbonyl (C=O) groups is 1. The number of nitrogens with zero attached hydrogens (tertiary/aromatic N) is 3. The van der Waals surface area contributed by atoms with Crippen molar-refractivity contribution in [3.8, 4) is 0 Å². The molecule has 0 aliphatic carbocycles.